The molecule has 1 fully saturated rings. The van der Waals surface area contributed by atoms with Crippen LogP contribution >= 0.6 is 0 Å². The van der Waals surface area contributed by atoms with Crippen molar-refractivity contribution in [2.45, 2.75) is 19.4 Å². The molecule has 4 rings (SSSR count). The molecule has 0 bridgehead atoms. The van der Waals surface area contributed by atoms with E-state index in [2.05, 4.69) is 5.43 Å². The van der Waals surface area contributed by atoms with Gasteiger partial charge in [-0.25, -0.2) is 9.91 Å². The van der Waals surface area contributed by atoms with Gasteiger partial charge >= 0.3 is 0 Å². The van der Waals surface area contributed by atoms with Crippen molar-refractivity contribution in [1.29, 1.82) is 0 Å². The average Bonchev–Trinajstić information content (AvgIpc) is 3.18. The lowest BCUT2D eigenvalue weighted by Crippen LogP contribution is -2.54. The van der Waals surface area contributed by atoms with Gasteiger partial charge in [-0.3, -0.25) is 24.6 Å². The van der Waals surface area contributed by atoms with Crippen LogP contribution in [0, 0.1) is 0 Å². The number of carbonyl (C=O) groups is 4. The first-order valence-corrected chi connectivity index (χ1v) is 11.1. The number of hydrazine groups is 1. The summed E-state index contributed by atoms with van der Waals surface area (Å²) in [6.45, 7) is 0.790. The van der Waals surface area contributed by atoms with Crippen molar-refractivity contribution in [3.63, 3.8) is 0 Å². The quantitative estimate of drug-likeness (QED) is 0.399. The third-order valence-corrected chi connectivity index (χ3v) is 5.75. The lowest BCUT2D eigenvalue weighted by molar-refractivity contribution is -0.146. The monoisotopic (exact) mass is 491 g/mol. The molecular formula is C26H25N3O7. The number of carbonyl (C=O) groups excluding carboxylic acids is 4. The summed E-state index contributed by atoms with van der Waals surface area (Å²) in [5.74, 6) is -1.31. The van der Waals surface area contributed by atoms with Gasteiger partial charge in [0.2, 0.25) is 11.8 Å². The zero-order valence-electron chi connectivity index (χ0n) is 20.0. The lowest BCUT2D eigenvalue weighted by Gasteiger charge is -2.27. The molecule has 0 saturated carbocycles. The maximum absolute atomic E-state index is 13.3. The van der Waals surface area contributed by atoms with Crippen molar-refractivity contribution in [3.8, 4) is 17.2 Å². The number of methoxy groups -OCH3 is 2. The summed E-state index contributed by atoms with van der Waals surface area (Å²) in [5.41, 5.74) is 2.60. The van der Waals surface area contributed by atoms with Gasteiger partial charge in [-0.15, -0.1) is 0 Å². The maximum Gasteiger partial charge on any atom is 0.276 e. The van der Waals surface area contributed by atoms with Gasteiger partial charge in [0.1, 0.15) is 23.3 Å². The molecule has 3 aromatic rings. The molecular weight excluding hydrogens is 466 g/mol. The molecule has 1 N–H and O–H groups in total. The van der Waals surface area contributed by atoms with Gasteiger partial charge in [0.15, 0.2) is 6.61 Å². The summed E-state index contributed by atoms with van der Waals surface area (Å²) in [6.07, 6.45) is -0.316. The fraction of sp³-hybridized carbons (Fsp3) is 0.231. The summed E-state index contributed by atoms with van der Waals surface area (Å²) in [7, 11) is 2.86. The molecule has 1 aliphatic heterocycles. The molecule has 36 heavy (non-hydrogen) atoms. The molecule has 0 aliphatic carbocycles. The summed E-state index contributed by atoms with van der Waals surface area (Å²) >= 11 is 0. The molecule has 1 atom stereocenters. The van der Waals surface area contributed by atoms with Crippen LogP contribution in [0.25, 0.3) is 10.8 Å². The first kappa shape index (κ1) is 24.5. The van der Waals surface area contributed by atoms with Crippen molar-refractivity contribution in [2.24, 2.45) is 0 Å². The maximum atomic E-state index is 13.3. The molecule has 4 amide bonds. The number of anilines is 1. The second-order valence-corrected chi connectivity index (χ2v) is 8.02. The van der Waals surface area contributed by atoms with Crippen molar-refractivity contribution in [3.05, 3.63) is 60.7 Å². The number of ether oxygens (including phenoxy) is 3. The fourth-order valence-electron chi connectivity index (χ4n) is 4.05. The fourth-order valence-corrected chi connectivity index (χ4v) is 4.05. The van der Waals surface area contributed by atoms with Gasteiger partial charge < -0.3 is 14.2 Å². The number of hydrogen-bond donors (Lipinski definition) is 1. The Balaban J connectivity index is 1.50. The number of fused-ring (bicyclic) bond motifs is 1. The van der Waals surface area contributed by atoms with Gasteiger partial charge in [-0.1, -0.05) is 36.4 Å². The van der Waals surface area contributed by atoms with E-state index in [0.29, 0.717) is 11.5 Å². The largest absolute Gasteiger partial charge is 0.497 e. The van der Waals surface area contributed by atoms with Crippen molar-refractivity contribution in [1.82, 2.24) is 10.4 Å². The highest BCUT2D eigenvalue weighted by Crippen LogP contribution is 2.36. The Morgan fingerprint density at radius 3 is 2.47 bits per heavy atom. The van der Waals surface area contributed by atoms with Crippen molar-refractivity contribution in [2.75, 3.05) is 25.7 Å². The van der Waals surface area contributed by atoms with E-state index in [-0.39, 0.29) is 17.9 Å². The zero-order chi connectivity index (χ0) is 25.8. The Hall–Kier alpha value is -4.60. The van der Waals surface area contributed by atoms with Gasteiger partial charge in [0.05, 0.1) is 26.3 Å². The molecule has 10 heteroatoms. The number of imide groups is 1. The predicted octanol–water partition coefficient (Wildman–Crippen LogP) is 2.45. The average molecular weight is 492 g/mol. The highest BCUT2D eigenvalue weighted by Gasteiger charge is 2.45. The number of benzene rings is 3. The minimum Gasteiger partial charge on any atom is -0.497 e. The standard InChI is InChI=1S/C26H25N3O7/c1-16(30)29(27-24(31)15-36-22-10-6-8-17-7-4-5-9-19(17)22)21-14-25(32)28(26(21)33)20-13-18(34-2)11-12-23(20)35-3/h4-13,21H,14-15H2,1-3H3,(H,27,31). The summed E-state index contributed by atoms with van der Waals surface area (Å²) in [6, 6.07) is 16.5. The van der Waals surface area contributed by atoms with Gasteiger partial charge in [-0.05, 0) is 23.6 Å². The smallest absolute Gasteiger partial charge is 0.276 e. The first-order valence-electron chi connectivity index (χ1n) is 11.1. The predicted molar refractivity (Wildman–Crippen MR) is 131 cm³/mol. The normalized spacial score (nSPS) is 15.1. The summed E-state index contributed by atoms with van der Waals surface area (Å²) < 4.78 is 16.2. The Morgan fingerprint density at radius 2 is 1.75 bits per heavy atom. The molecule has 3 aromatic carbocycles. The van der Waals surface area contributed by atoms with E-state index in [9.17, 15) is 19.2 Å². The minimum atomic E-state index is -1.23. The van der Waals surface area contributed by atoms with Crippen LogP contribution in [0.2, 0.25) is 0 Å². The van der Waals surface area contributed by atoms with Crippen LogP contribution in [0.3, 0.4) is 0 Å². The van der Waals surface area contributed by atoms with Gasteiger partial charge in [0, 0.05) is 18.4 Å². The zero-order valence-corrected chi connectivity index (χ0v) is 20.0. The van der Waals surface area contributed by atoms with E-state index in [1.807, 2.05) is 36.4 Å². The van der Waals surface area contributed by atoms with E-state index in [1.54, 1.807) is 18.2 Å². The topological polar surface area (TPSA) is 114 Å². The molecule has 1 saturated heterocycles. The second kappa shape index (κ2) is 10.3. The molecule has 1 unspecified atom stereocenters. The molecule has 186 valence electrons. The Bertz CT molecular complexity index is 1330. The number of amides is 4. The number of hydrogen-bond acceptors (Lipinski definition) is 7. The van der Waals surface area contributed by atoms with Gasteiger partial charge in [0.25, 0.3) is 11.8 Å². The van der Waals surface area contributed by atoms with E-state index >= 15 is 0 Å². The third-order valence-electron chi connectivity index (χ3n) is 5.75. The second-order valence-electron chi connectivity index (χ2n) is 8.02. The molecule has 10 nitrogen and oxygen atoms in total. The lowest BCUT2D eigenvalue weighted by atomic mass is 10.1. The van der Waals surface area contributed by atoms with Crippen LogP contribution in [-0.4, -0.2) is 55.5 Å². The minimum absolute atomic E-state index is 0.184. The van der Waals surface area contributed by atoms with E-state index in [0.717, 1.165) is 20.7 Å². The van der Waals surface area contributed by atoms with Crippen LogP contribution in [-0.2, 0) is 19.2 Å². The SMILES string of the molecule is COc1ccc(OC)c(N2C(=O)CC(N(NC(=O)COc3cccc4ccccc34)C(C)=O)C2=O)c1. The van der Waals surface area contributed by atoms with Crippen LogP contribution in [0.15, 0.2) is 60.7 Å². The Kier molecular flexibility index (Phi) is 7.05. The van der Waals surface area contributed by atoms with Crippen molar-refractivity contribution >= 4 is 40.1 Å². The van der Waals surface area contributed by atoms with E-state index in [1.165, 1.54) is 27.2 Å². The Labute approximate surface area is 207 Å². The number of nitrogens with zero attached hydrogens (tertiary/aromatic N) is 2. The highest BCUT2D eigenvalue weighted by atomic mass is 16.5. The molecule has 0 radical (unpaired) electrons. The van der Waals surface area contributed by atoms with Crippen LogP contribution in [0.4, 0.5) is 5.69 Å². The third kappa shape index (κ3) is 4.78. The molecule has 1 aliphatic rings. The molecule has 0 spiro atoms. The van der Waals surface area contributed by atoms with Crippen LogP contribution in [0.5, 0.6) is 17.2 Å². The Morgan fingerprint density at radius 1 is 1.00 bits per heavy atom. The molecule has 1 heterocycles. The van der Waals surface area contributed by atoms with E-state index in [4.69, 9.17) is 14.2 Å². The summed E-state index contributed by atoms with van der Waals surface area (Å²) in [4.78, 5) is 52.1. The number of nitrogens with one attached hydrogen (secondary N) is 1. The van der Waals surface area contributed by atoms with Gasteiger partial charge in [-0.2, -0.15) is 0 Å². The highest BCUT2D eigenvalue weighted by molar-refractivity contribution is 6.23. The van der Waals surface area contributed by atoms with Crippen LogP contribution < -0.4 is 24.5 Å². The summed E-state index contributed by atoms with van der Waals surface area (Å²) in [5, 5.41) is 2.64. The first-order chi connectivity index (χ1) is 17.3. The van der Waals surface area contributed by atoms with E-state index < -0.39 is 36.3 Å². The number of rotatable bonds is 7. The molecule has 0 aromatic heterocycles. The van der Waals surface area contributed by atoms with Crippen molar-refractivity contribution < 1.29 is 33.4 Å². The van der Waals surface area contributed by atoms with Crippen LogP contribution in [0.1, 0.15) is 13.3 Å².